The van der Waals surface area contributed by atoms with E-state index in [1.807, 2.05) is 0 Å². The molecule has 3 N–H and O–H groups in total. The van der Waals surface area contributed by atoms with E-state index in [0.717, 1.165) is 37.5 Å². The lowest BCUT2D eigenvalue weighted by atomic mass is 9.44. The Morgan fingerprint density at radius 2 is 1.60 bits per heavy atom. The summed E-state index contributed by atoms with van der Waals surface area (Å²) in [7, 11) is 0. The van der Waals surface area contributed by atoms with Gasteiger partial charge in [0.15, 0.2) is 0 Å². The van der Waals surface area contributed by atoms with Crippen molar-refractivity contribution in [2.24, 2.45) is 52.3 Å². The fourth-order valence-corrected chi connectivity index (χ4v) is 9.38. The summed E-state index contributed by atoms with van der Waals surface area (Å²) in [5, 5.41) is 30.8. The van der Waals surface area contributed by atoms with Crippen molar-refractivity contribution in [2.45, 2.75) is 111 Å². The van der Waals surface area contributed by atoms with Gasteiger partial charge in [0, 0.05) is 6.61 Å². The second-order valence-electron chi connectivity index (χ2n) is 12.7. The molecule has 0 spiro atoms. The molecule has 0 amide bonds. The zero-order valence-corrected chi connectivity index (χ0v) is 20.0. The van der Waals surface area contributed by atoms with Gasteiger partial charge in [-0.05, 0) is 110 Å². The minimum Gasteiger partial charge on any atom is -0.396 e. The van der Waals surface area contributed by atoms with E-state index in [1.165, 1.54) is 44.9 Å². The fourth-order valence-electron chi connectivity index (χ4n) is 9.38. The Morgan fingerprint density at radius 1 is 0.867 bits per heavy atom. The van der Waals surface area contributed by atoms with Crippen molar-refractivity contribution in [3.63, 3.8) is 0 Å². The third kappa shape index (κ3) is 3.79. The van der Waals surface area contributed by atoms with Crippen LogP contribution in [0.25, 0.3) is 0 Å². The third-order valence-corrected chi connectivity index (χ3v) is 11.0. The summed E-state index contributed by atoms with van der Waals surface area (Å²) in [5.74, 6) is 4.37. The molecule has 0 radical (unpaired) electrons. The first-order valence-corrected chi connectivity index (χ1v) is 13.2. The van der Waals surface area contributed by atoms with Gasteiger partial charge < -0.3 is 15.3 Å². The maximum Gasteiger partial charge on any atom is 0.0579 e. The van der Waals surface area contributed by atoms with Crippen molar-refractivity contribution < 1.29 is 15.3 Å². The average Bonchev–Trinajstić information content (AvgIpc) is 2.98. The van der Waals surface area contributed by atoms with Crippen LogP contribution in [0.4, 0.5) is 0 Å². The van der Waals surface area contributed by atoms with Crippen molar-refractivity contribution in [1.29, 1.82) is 0 Å². The van der Waals surface area contributed by atoms with E-state index >= 15 is 0 Å². The van der Waals surface area contributed by atoms with Crippen LogP contribution in [0.15, 0.2) is 0 Å². The molecule has 174 valence electrons. The van der Waals surface area contributed by atoms with Gasteiger partial charge in [0.25, 0.3) is 0 Å². The average molecular weight is 421 g/mol. The minimum absolute atomic E-state index is 0.0689. The summed E-state index contributed by atoms with van der Waals surface area (Å²) in [6, 6.07) is 0. The predicted molar refractivity (Wildman–Crippen MR) is 122 cm³/mol. The van der Waals surface area contributed by atoms with Gasteiger partial charge >= 0.3 is 0 Å². The van der Waals surface area contributed by atoms with Gasteiger partial charge in [-0.1, -0.05) is 40.5 Å². The summed E-state index contributed by atoms with van der Waals surface area (Å²) in [4.78, 5) is 0. The largest absolute Gasteiger partial charge is 0.396 e. The summed E-state index contributed by atoms with van der Waals surface area (Å²) in [6.45, 7) is 9.89. The number of hydrogen-bond acceptors (Lipinski definition) is 3. The Hall–Kier alpha value is -0.120. The molecule has 0 aromatic rings. The maximum absolute atomic E-state index is 11.3. The Morgan fingerprint density at radius 3 is 2.33 bits per heavy atom. The number of rotatable bonds is 6. The quantitative estimate of drug-likeness (QED) is 0.538. The van der Waals surface area contributed by atoms with Crippen LogP contribution in [0.2, 0.25) is 0 Å². The first-order valence-electron chi connectivity index (χ1n) is 13.2. The molecule has 0 aliphatic heterocycles. The molecule has 3 nitrogen and oxygen atoms in total. The van der Waals surface area contributed by atoms with Gasteiger partial charge in [-0.3, -0.25) is 0 Å². The third-order valence-electron chi connectivity index (χ3n) is 11.0. The lowest BCUT2D eigenvalue weighted by Crippen LogP contribution is -2.54. The number of aliphatic hydroxyl groups excluding tert-OH is 3. The van der Waals surface area contributed by atoms with Crippen LogP contribution in [0.5, 0.6) is 0 Å². The lowest BCUT2D eigenvalue weighted by Gasteiger charge is -2.61. The molecule has 4 aliphatic rings. The first kappa shape index (κ1) is 23.1. The summed E-state index contributed by atoms with van der Waals surface area (Å²) >= 11 is 0. The van der Waals surface area contributed by atoms with Crippen LogP contribution < -0.4 is 0 Å². The van der Waals surface area contributed by atoms with Crippen molar-refractivity contribution in [3.8, 4) is 0 Å². The van der Waals surface area contributed by atoms with E-state index < -0.39 is 0 Å². The Kier molecular flexibility index (Phi) is 6.66. The van der Waals surface area contributed by atoms with Gasteiger partial charge in [-0.25, -0.2) is 0 Å². The molecular formula is C27H48O3. The second-order valence-corrected chi connectivity index (χ2v) is 12.7. The van der Waals surface area contributed by atoms with Crippen LogP contribution in [0, 0.1) is 52.3 Å². The topological polar surface area (TPSA) is 60.7 Å². The summed E-state index contributed by atoms with van der Waals surface area (Å²) < 4.78 is 0. The van der Waals surface area contributed by atoms with Gasteiger partial charge in [0.1, 0.15) is 0 Å². The van der Waals surface area contributed by atoms with Crippen LogP contribution in [-0.2, 0) is 0 Å². The lowest BCUT2D eigenvalue weighted by molar-refractivity contribution is -0.130. The zero-order chi connectivity index (χ0) is 21.7. The van der Waals surface area contributed by atoms with Gasteiger partial charge in [-0.2, -0.15) is 0 Å². The Bertz CT molecular complexity index is 593. The molecule has 0 saturated heterocycles. The zero-order valence-electron chi connectivity index (χ0n) is 20.0. The molecule has 4 aliphatic carbocycles. The minimum atomic E-state index is -0.136. The molecule has 4 rings (SSSR count). The SMILES string of the molecule is C[C@H](CO)CCC[C@@H](C)[C@H]1[C@H](O)C[C@H]2[C@@H]3CC[C@H]4C[C@@H](O)CC[C@]4(C)[C@H]3CC[C@]12C. The highest BCUT2D eigenvalue weighted by Crippen LogP contribution is 2.68. The van der Waals surface area contributed by atoms with Crippen molar-refractivity contribution in [2.75, 3.05) is 6.61 Å². The standard InChI is InChI=1S/C27H48O3/c1-17(16-28)6-5-7-18(2)25-24(30)15-23-21-9-8-19-14-20(29)10-12-26(19,3)22(21)11-13-27(23,25)4/h17-25,28-30H,5-16H2,1-4H3/t17-,18+,19-,20-,21+,22-,23-,24+,25-,26-,27-/m0/s1. The smallest absolute Gasteiger partial charge is 0.0579 e. The van der Waals surface area contributed by atoms with Crippen molar-refractivity contribution in [1.82, 2.24) is 0 Å². The normalized spacial score (nSPS) is 50.3. The molecule has 4 fully saturated rings. The summed E-state index contributed by atoms with van der Waals surface area (Å²) in [6.07, 6.45) is 12.7. The number of fused-ring (bicyclic) bond motifs is 5. The van der Waals surface area contributed by atoms with E-state index in [9.17, 15) is 15.3 Å². The molecular weight excluding hydrogens is 372 g/mol. The van der Waals surface area contributed by atoms with Crippen molar-refractivity contribution in [3.05, 3.63) is 0 Å². The molecule has 0 unspecified atom stereocenters. The molecule has 3 heteroatoms. The fraction of sp³-hybridized carbons (Fsp3) is 1.00. The number of hydrogen-bond donors (Lipinski definition) is 3. The Balaban J connectivity index is 1.47. The van der Waals surface area contributed by atoms with E-state index in [-0.39, 0.29) is 12.2 Å². The molecule has 30 heavy (non-hydrogen) atoms. The van der Waals surface area contributed by atoms with Crippen molar-refractivity contribution >= 4 is 0 Å². The highest BCUT2D eigenvalue weighted by Gasteiger charge is 2.62. The molecule has 0 aromatic heterocycles. The number of aliphatic hydroxyl groups is 3. The molecule has 4 saturated carbocycles. The molecule has 11 atom stereocenters. The van der Waals surface area contributed by atoms with E-state index in [1.54, 1.807) is 0 Å². The maximum atomic E-state index is 11.3. The molecule has 0 aromatic carbocycles. The highest BCUT2D eigenvalue weighted by atomic mass is 16.3. The van der Waals surface area contributed by atoms with Gasteiger partial charge in [0.2, 0.25) is 0 Å². The van der Waals surface area contributed by atoms with Crippen LogP contribution in [-0.4, -0.2) is 34.1 Å². The summed E-state index contributed by atoms with van der Waals surface area (Å²) in [5.41, 5.74) is 0.707. The monoisotopic (exact) mass is 420 g/mol. The van der Waals surface area contributed by atoms with E-state index in [0.29, 0.717) is 47.0 Å². The van der Waals surface area contributed by atoms with Gasteiger partial charge in [-0.15, -0.1) is 0 Å². The second kappa shape index (κ2) is 8.67. The van der Waals surface area contributed by atoms with E-state index in [2.05, 4.69) is 27.7 Å². The van der Waals surface area contributed by atoms with E-state index in [4.69, 9.17) is 0 Å². The van der Waals surface area contributed by atoms with Gasteiger partial charge in [0.05, 0.1) is 12.2 Å². The predicted octanol–water partition coefficient (Wildman–Crippen LogP) is 5.41. The Labute approximate surface area is 185 Å². The molecule has 0 heterocycles. The van der Waals surface area contributed by atoms with Crippen LogP contribution in [0.3, 0.4) is 0 Å². The molecule has 0 bridgehead atoms. The first-order chi connectivity index (χ1) is 14.2. The highest BCUT2D eigenvalue weighted by molar-refractivity contribution is 5.11. The van der Waals surface area contributed by atoms with Crippen LogP contribution in [0.1, 0.15) is 98.3 Å². The van der Waals surface area contributed by atoms with Crippen LogP contribution >= 0.6 is 0 Å².